The third-order valence-electron chi connectivity index (χ3n) is 2.32. The summed E-state index contributed by atoms with van der Waals surface area (Å²) < 4.78 is 13.7. The summed E-state index contributed by atoms with van der Waals surface area (Å²) in [5.41, 5.74) is 0.783. The number of halogens is 4. The summed E-state index contributed by atoms with van der Waals surface area (Å²) in [6.45, 7) is 0. The van der Waals surface area contributed by atoms with Crippen molar-refractivity contribution < 1.29 is 4.39 Å². The van der Waals surface area contributed by atoms with Crippen LogP contribution >= 0.6 is 47.0 Å². The van der Waals surface area contributed by atoms with E-state index in [1.807, 2.05) is 0 Å². The molecule has 20 heavy (non-hydrogen) atoms. The van der Waals surface area contributed by atoms with Crippen LogP contribution in [0.3, 0.4) is 0 Å². The van der Waals surface area contributed by atoms with Gasteiger partial charge in [0.2, 0.25) is 0 Å². The molecule has 0 aliphatic carbocycles. The monoisotopic (exact) mass is 348 g/mol. The van der Waals surface area contributed by atoms with Crippen LogP contribution in [0.5, 0.6) is 0 Å². The van der Waals surface area contributed by atoms with Crippen molar-refractivity contribution in [3.8, 4) is 0 Å². The number of nitrogens with one attached hydrogen (secondary N) is 2. The third kappa shape index (κ3) is 3.96. The zero-order valence-electron chi connectivity index (χ0n) is 9.88. The number of rotatable bonds is 2. The molecule has 0 spiro atoms. The van der Waals surface area contributed by atoms with Gasteiger partial charge in [0.05, 0.1) is 10.7 Å². The van der Waals surface area contributed by atoms with Crippen LogP contribution in [0.15, 0.2) is 36.4 Å². The lowest BCUT2D eigenvalue weighted by molar-refractivity contribution is 0.632. The van der Waals surface area contributed by atoms with Gasteiger partial charge in [0.1, 0.15) is 0 Å². The van der Waals surface area contributed by atoms with E-state index in [1.165, 1.54) is 12.1 Å². The molecular formula is C13H8Cl3FN2S. The Morgan fingerprint density at radius 1 is 1.00 bits per heavy atom. The lowest BCUT2D eigenvalue weighted by Crippen LogP contribution is -2.19. The first kappa shape index (κ1) is 15.3. The molecule has 0 unspecified atom stereocenters. The molecule has 2 aromatic carbocycles. The van der Waals surface area contributed by atoms with Crippen molar-refractivity contribution in [2.75, 3.05) is 10.6 Å². The van der Waals surface area contributed by atoms with Gasteiger partial charge >= 0.3 is 0 Å². The van der Waals surface area contributed by atoms with E-state index >= 15 is 0 Å². The van der Waals surface area contributed by atoms with Gasteiger partial charge in [-0.15, -0.1) is 0 Å². The topological polar surface area (TPSA) is 24.1 Å². The Morgan fingerprint density at radius 2 is 1.65 bits per heavy atom. The van der Waals surface area contributed by atoms with Gasteiger partial charge in [-0.25, -0.2) is 4.39 Å². The van der Waals surface area contributed by atoms with E-state index in [0.717, 1.165) is 0 Å². The smallest absolute Gasteiger partial charge is 0.175 e. The molecule has 2 N–H and O–H groups in total. The van der Waals surface area contributed by atoms with Crippen molar-refractivity contribution >= 4 is 63.5 Å². The van der Waals surface area contributed by atoms with Crippen molar-refractivity contribution in [2.45, 2.75) is 0 Å². The molecule has 2 rings (SSSR count). The van der Waals surface area contributed by atoms with Gasteiger partial charge in [-0.3, -0.25) is 0 Å². The Balaban J connectivity index is 2.11. The van der Waals surface area contributed by atoms with Gasteiger partial charge in [0.15, 0.2) is 10.9 Å². The third-order valence-corrected chi connectivity index (χ3v) is 3.25. The van der Waals surface area contributed by atoms with E-state index in [1.54, 1.807) is 24.3 Å². The Morgan fingerprint density at radius 3 is 2.30 bits per heavy atom. The molecule has 2 nitrogen and oxygen atoms in total. The van der Waals surface area contributed by atoms with E-state index in [-0.39, 0.29) is 15.8 Å². The summed E-state index contributed by atoms with van der Waals surface area (Å²) in [6.07, 6.45) is 0. The lowest BCUT2D eigenvalue weighted by atomic mass is 10.3. The van der Waals surface area contributed by atoms with Gasteiger partial charge < -0.3 is 10.6 Å². The van der Waals surface area contributed by atoms with Crippen molar-refractivity contribution in [3.05, 3.63) is 57.3 Å². The van der Waals surface area contributed by atoms with Crippen LogP contribution in [0.4, 0.5) is 15.8 Å². The van der Waals surface area contributed by atoms with Crippen molar-refractivity contribution in [1.29, 1.82) is 0 Å². The molecule has 0 aliphatic rings. The summed E-state index contributed by atoms with van der Waals surface area (Å²) in [4.78, 5) is 0. The number of anilines is 2. The molecule has 104 valence electrons. The molecule has 0 aliphatic heterocycles. The molecule has 0 atom stereocenters. The minimum Gasteiger partial charge on any atom is -0.332 e. The molecule has 0 fully saturated rings. The summed E-state index contributed by atoms with van der Waals surface area (Å²) in [5.74, 6) is -0.567. The average Bonchev–Trinajstić information content (AvgIpc) is 2.33. The molecule has 0 saturated carbocycles. The van der Waals surface area contributed by atoms with Crippen molar-refractivity contribution in [1.82, 2.24) is 0 Å². The van der Waals surface area contributed by atoms with E-state index < -0.39 is 5.82 Å². The Labute approximate surface area is 135 Å². The number of hydrogen-bond donors (Lipinski definition) is 2. The van der Waals surface area contributed by atoms with Crippen molar-refractivity contribution in [2.24, 2.45) is 0 Å². The molecule has 0 radical (unpaired) electrons. The Kier molecular flexibility index (Phi) is 5.05. The van der Waals surface area contributed by atoms with Gasteiger partial charge in [0, 0.05) is 15.7 Å². The first-order valence-electron chi connectivity index (χ1n) is 5.44. The molecular weight excluding hydrogens is 342 g/mol. The molecule has 0 saturated heterocycles. The average molecular weight is 350 g/mol. The van der Waals surface area contributed by atoms with Gasteiger partial charge in [-0.1, -0.05) is 40.9 Å². The fourth-order valence-corrected chi connectivity index (χ4v) is 2.44. The minimum absolute atomic E-state index is 0.0172. The van der Waals surface area contributed by atoms with Crippen LogP contribution < -0.4 is 10.6 Å². The van der Waals surface area contributed by atoms with Gasteiger partial charge in [-0.2, -0.15) is 0 Å². The minimum atomic E-state index is -0.567. The van der Waals surface area contributed by atoms with Crippen molar-refractivity contribution in [3.63, 3.8) is 0 Å². The normalized spacial score (nSPS) is 10.2. The molecule has 0 heterocycles. The fourth-order valence-electron chi connectivity index (χ4n) is 1.51. The fraction of sp³-hybridized carbons (Fsp3) is 0. The predicted molar refractivity (Wildman–Crippen MR) is 87.7 cm³/mol. The summed E-state index contributed by atoms with van der Waals surface area (Å²) >= 11 is 22.5. The standard InChI is InChI=1S/C13H8Cl3FN2S/c14-7-4-8(15)6-9(5-7)18-13(20)19-11-3-1-2-10(16)12(11)17/h1-6H,(H2,18,19,20). The summed E-state index contributed by atoms with van der Waals surface area (Å²) in [7, 11) is 0. The molecule has 2 aromatic rings. The number of thiocarbonyl (C=S) groups is 1. The SMILES string of the molecule is Fc1c(Cl)cccc1NC(=S)Nc1cc(Cl)cc(Cl)c1. The maximum absolute atomic E-state index is 13.7. The molecule has 0 bridgehead atoms. The molecule has 0 amide bonds. The van der Waals surface area contributed by atoms with Crippen LogP contribution in [0.25, 0.3) is 0 Å². The maximum atomic E-state index is 13.7. The Bertz CT molecular complexity index is 644. The van der Waals surface area contributed by atoms with E-state index in [4.69, 9.17) is 47.0 Å². The second kappa shape index (κ2) is 6.59. The Hall–Kier alpha value is -1.07. The highest BCUT2D eigenvalue weighted by Crippen LogP contribution is 2.24. The highest BCUT2D eigenvalue weighted by atomic mass is 35.5. The second-order valence-corrected chi connectivity index (χ2v) is 5.53. The summed E-state index contributed by atoms with van der Waals surface area (Å²) in [5, 5.41) is 6.73. The molecule has 7 heteroatoms. The van der Waals surface area contributed by atoms with Gasteiger partial charge in [0.25, 0.3) is 0 Å². The predicted octanol–water partition coefficient (Wildman–Crippen LogP) is 5.59. The first-order chi connectivity index (χ1) is 9.45. The van der Waals surface area contributed by atoms with Crippen LogP contribution in [-0.4, -0.2) is 5.11 Å². The van der Waals surface area contributed by atoms with E-state index in [9.17, 15) is 4.39 Å². The maximum Gasteiger partial charge on any atom is 0.175 e. The summed E-state index contributed by atoms with van der Waals surface area (Å²) in [6, 6.07) is 9.49. The number of hydrogen-bond acceptors (Lipinski definition) is 1. The second-order valence-electron chi connectivity index (χ2n) is 3.84. The molecule has 0 aromatic heterocycles. The van der Waals surface area contributed by atoms with E-state index in [2.05, 4.69) is 10.6 Å². The largest absolute Gasteiger partial charge is 0.332 e. The van der Waals surface area contributed by atoms with Crippen LogP contribution in [0.2, 0.25) is 15.1 Å². The highest BCUT2D eigenvalue weighted by Gasteiger charge is 2.08. The van der Waals surface area contributed by atoms with Crippen LogP contribution in [-0.2, 0) is 0 Å². The quantitative estimate of drug-likeness (QED) is 0.691. The number of benzene rings is 2. The van der Waals surface area contributed by atoms with Crippen LogP contribution in [0.1, 0.15) is 0 Å². The highest BCUT2D eigenvalue weighted by molar-refractivity contribution is 7.80. The van der Waals surface area contributed by atoms with Crippen LogP contribution in [0, 0.1) is 5.82 Å². The van der Waals surface area contributed by atoms with E-state index in [0.29, 0.717) is 15.7 Å². The van der Waals surface area contributed by atoms with Gasteiger partial charge in [-0.05, 0) is 42.5 Å². The zero-order valence-corrected chi connectivity index (χ0v) is 13.0. The zero-order chi connectivity index (χ0) is 14.7. The lowest BCUT2D eigenvalue weighted by Gasteiger charge is -2.12. The first-order valence-corrected chi connectivity index (χ1v) is 6.98.